The van der Waals surface area contributed by atoms with Crippen LogP contribution in [0.3, 0.4) is 0 Å². The lowest BCUT2D eigenvalue weighted by molar-refractivity contribution is -0.384. The topological polar surface area (TPSA) is 105 Å². The molecule has 0 saturated carbocycles. The van der Waals surface area contributed by atoms with E-state index >= 15 is 0 Å². The molecule has 0 aliphatic heterocycles. The van der Waals surface area contributed by atoms with Crippen LogP contribution < -0.4 is 0 Å². The molecule has 1 aromatic carbocycles. The third-order valence-corrected chi connectivity index (χ3v) is 4.55. The maximum atomic E-state index is 12.7. The van der Waals surface area contributed by atoms with Gasteiger partial charge < -0.3 is 9.30 Å². The van der Waals surface area contributed by atoms with Crippen LogP contribution in [0.15, 0.2) is 36.7 Å². The van der Waals surface area contributed by atoms with Crippen molar-refractivity contribution in [3.63, 3.8) is 0 Å². The predicted molar refractivity (Wildman–Crippen MR) is 102 cm³/mol. The number of ether oxygens (including phenoxy) is 1. The van der Waals surface area contributed by atoms with Crippen LogP contribution in [0.4, 0.5) is 5.69 Å². The van der Waals surface area contributed by atoms with E-state index in [1.165, 1.54) is 23.1 Å². The van der Waals surface area contributed by atoms with Crippen molar-refractivity contribution >= 4 is 11.5 Å². The molecule has 2 aromatic heterocycles. The maximum Gasteiger partial charge on any atom is 0.270 e. The number of rotatable bonds is 8. The number of non-ortho nitro benzene ring substituents is 1. The number of carbonyl (C=O) groups excluding carboxylic acids is 1. The van der Waals surface area contributed by atoms with E-state index < -0.39 is 4.92 Å². The van der Waals surface area contributed by atoms with Gasteiger partial charge in [-0.3, -0.25) is 14.9 Å². The lowest BCUT2D eigenvalue weighted by atomic mass is 10.1. The lowest BCUT2D eigenvalue weighted by Crippen LogP contribution is -2.13. The van der Waals surface area contributed by atoms with E-state index in [1.54, 1.807) is 19.2 Å². The quantitative estimate of drug-likeness (QED) is 0.336. The molecular weight excluding hydrogens is 362 g/mol. The van der Waals surface area contributed by atoms with Crippen molar-refractivity contribution in [2.75, 3.05) is 13.7 Å². The number of aromatic nitrogens is 4. The number of hydrogen-bond donors (Lipinski definition) is 0. The van der Waals surface area contributed by atoms with Gasteiger partial charge in [-0.05, 0) is 19.9 Å². The molecule has 9 heteroatoms. The summed E-state index contributed by atoms with van der Waals surface area (Å²) in [5.41, 5.74) is 3.01. The molecule has 3 aromatic rings. The van der Waals surface area contributed by atoms with Gasteiger partial charge in [-0.1, -0.05) is 12.1 Å². The van der Waals surface area contributed by atoms with Crippen LogP contribution in [0.25, 0.3) is 11.4 Å². The molecular formula is C19H21N5O4. The summed E-state index contributed by atoms with van der Waals surface area (Å²) in [4.78, 5) is 27.4. The number of aryl methyl sites for hydroxylation is 1. The van der Waals surface area contributed by atoms with Crippen LogP contribution in [0.5, 0.6) is 0 Å². The first-order valence-corrected chi connectivity index (χ1v) is 8.74. The Kier molecular flexibility index (Phi) is 5.65. The summed E-state index contributed by atoms with van der Waals surface area (Å²) in [7, 11) is 1.64. The van der Waals surface area contributed by atoms with Gasteiger partial charge in [0, 0.05) is 48.3 Å². The Bertz CT molecular complexity index is 1020. The molecule has 0 aliphatic rings. The minimum Gasteiger partial charge on any atom is -0.383 e. The molecule has 0 radical (unpaired) electrons. The number of ketones is 1. The molecule has 0 spiro atoms. The van der Waals surface area contributed by atoms with Crippen LogP contribution in [-0.4, -0.2) is 43.8 Å². The van der Waals surface area contributed by atoms with Crippen molar-refractivity contribution in [2.45, 2.75) is 26.9 Å². The number of nitro groups is 1. The van der Waals surface area contributed by atoms with Gasteiger partial charge in [0.2, 0.25) is 0 Å². The van der Waals surface area contributed by atoms with Crippen molar-refractivity contribution in [3.8, 4) is 11.4 Å². The summed E-state index contributed by atoms with van der Waals surface area (Å²) >= 11 is 0. The van der Waals surface area contributed by atoms with E-state index in [-0.39, 0.29) is 18.0 Å². The number of Topliss-reactive ketones (excluding diaryl/α,β-unsaturated/α-hetero) is 1. The van der Waals surface area contributed by atoms with Gasteiger partial charge in [-0.2, -0.15) is 5.10 Å². The van der Waals surface area contributed by atoms with Crippen molar-refractivity contribution in [1.29, 1.82) is 0 Å². The van der Waals surface area contributed by atoms with Gasteiger partial charge in [0.15, 0.2) is 11.6 Å². The number of nitrogens with zero attached hydrogens (tertiary/aromatic N) is 5. The van der Waals surface area contributed by atoms with Gasteiger partial charge in [-0.25, -0.2) is 9.67 Å². The lowest BCUT2D eigenvalue weighted by Gasteiger charge is -2.08. The fraction of sp³-hybridized carbons (Fsp3) is 0.316. The molecule has 3 rings (SSSR count). The predicted octanol–water partition coefficient (Wildman–Crippen LogP) is 2.80. The fourth-order valence-corrected chi connectivity index (χ4v) is 3.10. The molecule has 2 heterocycles. The van der Waals surface area contributed by atoms with Gasteiger partial charge in [0.1, 0.15) is 12.9 Å². The zero-order valence-electron chi connectivity index (χ0n) is 16.0. The smallest absolute Gasteiger partial charge is 0.270 e. The minimum atomic E-state index is -0.469. The van der Waals surface area contributed by atoms with E-state index in [4.69, 9.17) is 4.74 Å². The van der Waals surface area contributed by atoms with E-state index in [9.17, 15) is 14.9 Å². The molecule has 0 aliphatic carbocycles. The van der Waals surface area contributed by atoms with Gasteiger partial charge >= 0.3 is 0 Å². The van der Waals surface area contributed by atoms with Crippen molar-refractivity contribution < 1.29 is 14.5 Å². The summed E-state index contributed by atoms with van der Waals surface area (Å²) in [6.45, 7) is 5.15. The third-order valence-electron chi connectivity index (χ3n) is 4.55. The van der Waals surface area contributed by atoms with Crippen molar-refractivity contribution in [3.05, 3.63) is 63.7 Å². The molecule has 0 atom stereocenters. The highest BCUT2D eigenvalue weighted by Gasteiger charge is 2.17. The molecule has 0 bridgehead atoms. The van der Waals surface area contributed by atoms with E-state index in [2.05, 4.69) is 10.1 Å². The standard InChI is InChI=1S/C19H21N5O4/c1-13-9-17(14(2)23(13)7-8-28-3)18(25)11-22-12-20-19(21-22)15-5-4-6-16(10-15)24(26)27/h4-6,9-10,12H,7-8,11H2,1-3H3. The Morgan fingerprint density at radius 1 is 1.29 bits per heavy atom. The number of carbonyl (C=O) groups is 1. The summed E-state index contributed by atoms with van der Waals surface area (Å²) in [6.07, 6.45) is 1.45. The van der Waals surface area contributed by atoms with Crippen molar-refractivity contribution in [1.82, 2.24) is 19.3 Å². The Morgan fingerprint density at radius 2 is 2.07 bits per heavy atom. The molecule has 28 heavy (non-hydrogen) atoms. The molecule has 0 fully saturated rings. The first-order valence-electron chi connectivity index (χ1n) is 8.74. The minimum absolute atomic E-state index is 0.0339. The Hall–Kier alpha value is -3.33. The van der Waals surface area contributed by atoms with Crippen LogP contribution >= 0.6 is 0 Å². The summed E-state index contributed by atoms with van der Waals surface area (Å²) < 4.78 is 8.61. The Balaban J connectivity index is 1.78. The first-order chi connectivity index (χ1) is 13.4. The molecule has 0 unspecified atom stereocenters. The number of nitro benzene ring substituents is 1. The van der Waals surface area contributed by atoms with Crippen LogP contribution in [-0.2, 0) is 17.8 Å². The number of methoxy groups -OCH3 is 1. The maximum absolute atomic E-state index is 12.7. The third kappa shape index (κ3) is 3.99. The average Bonchev–Trinajstić information content (AvgIpc) is 3.25. The highest BCUT2D eigenvalue weighted by Crippen LogP contribution is 2.21. The van der Waals surface area contributed by atoms with E-state index in [0.717, 1.165) is 11.4 Å². The zero-order valence-corrected chi connectivity index (χ0v) is 16.0. The normalized spacial score (nSPS) is 11.0. The first kappa shape index (κ1) is 19.4. The molecule has 146 valence electrons. The van der Waals surface area contributed by atoms with E-state index in [0.29, 0.717) is 30.1 Å². The number of hydrogen-bond acceptors (Lipinski definition) is 6. The molecule has 0 N–H and O–H groups in total. The van der Waals surface area contributed by atoms with Gasteiger partial charge in [0.05, 0.1) is 11.5 Å². The van der Waals surface area contributed by atoms with Crippen LogP contribution in [0, 0.1) is 24.0 Å². The summed E-state index contributed by atoms with van der Waals surface area (Å²) in [5.74, 6) is 0.259. The van der Waals surface area contributed by atoms with Crippen LogP contribution in [0.2, 0.25) is 0 Å². The zero-order chi connectivity index (χ0) is 20.3. The molecule has 0 amide bonds. The SMILES string of the molecule is COCCn1c(C)cc(C(=O)Cn2cnc(-c3cccc([N+](=O)[O-])c3)n2)c1C. The fourth-order valence-electron chi connectivity index (χ4n) is 3.10. The Morgan fingerprint density at radius 3 is 2.79 bits per heavy atom. The monoisotopic (exact) mass is 383 g/mol. The van der Waals surface area contributed by atoms with Gasteiger partial charge in [-0.15, -0.1) is 0 Å². The average molecular weight is 383 g/mol. The second-order valence-electron chi connectivity index (χ2n) is 6.43. The molecule has 0 saturated heterocycles. The van der Waals surface area contributed by atoms with Gasteiger partial charge in [0.25, 0.3) is 5.69 Å². The van der Waals surface area contributed by atoms with Crippen LogP contribution in [0.1, 0.15) is 21.7 Å². The largest absolute Gasteiger partial charge is 0.383 e. The highest BCUT2D eigenvalue weighted by atomic mass is 16.6. The highest BCUT2D eigenvalue weighted by molar-refractivity contribution is 5.97. The summed E-state index contributed by atoms with van der Waals surface area (Å²) in [6, 6.07) is 7.95. The number of benzene rings is 1. The molecule has 9 nitrogen and oxygen atoms in total. The summed E-state index contributed by atoms with van der Waals surface area (Å²) in [5, 5.41) is 15.2. The second kappa shape index (κ2) is 8.13. The second-order valence-corrected chi connectivity index (χ2v) is 6.43. The Labute approximate surface area is 161 Å². The van der Waals surface area contributed by atoms with E-state index in [1.807, 2.05) is 24.5 Å². The van der Waals surface area contributed by atoms with Crippen molar-refractivity contribution in [2.24, 2.45) is 0 Å².